The Bertz CT molecular complexity index is 772. The zero-order valence-corrected chi connectivity index (χ0v) is 15.9. The van der Waals surface area contributed by atoms with E-state index < -0.39 is 11.6 Å². The Balaban J connectivity index is 1.46. The fourth-order valence-corrected chi connectivity index (χ4v) is 4.76. The molecule has 1 saturated carbocycles. The molecule has 6 nitrogen and oxygen atoms in total. The minimum absolute atomic E-state index is 0.154. The van der Waals surface area contributed by atoms with Gasteiger partial charge in [0.1, 0.15) is 12.1 Å². The van der Waals surface area contributed by atoms with E-state index in [2.05, 4.69) is 11.4 Å². The number of hydrogen-bond acceptors (Lipinski definition) is 3. The van der Waals surface area contributed by atoms with Crippen molar-refractivity contribution >= 4 is 17.8 Å². The smallest absolute Gasteiger partial charge is 0.325 e. The number of carbonyl (C=O) groups excluding carboxylic acids is 3. The predicted octanol–water partition coefficient (Wildman–Crippen LogP) is 2.26. The molecule has 1 spiro atoms. The van der Waals surface area contributed by atoms with Crippen LogP contribution in [0.1, 0.15) is 49.7 Å². The molecular formula is C21H27N3O3. The van der Waals surface area contributed by atoms with E-state index in [1.54, 1.807) is 11.9 Å². The predicted molar refractivity (Wildman–Crippen MR) is 101 cm³/mol. The monoisotopic (exact) mass is 369 g/mol. The lowest BCUT2D eigenvalue weighted by Gasteiger charge is -2.33. The Kier molecular flexibility index (Phi) is 4.66. The molecule has 1 atom stereocenters. The number of amides is 4. The minimum Gasteiger partial charge on any atom is -0.341 e. The Morgan fingerprint density at radius 3 is 2.63 bits per heavy atom. The zero-order valence-electron chi connectivity index (χ0n) is 15.9. The molecule has 4 rings (SSSR count). The largest absolute Gasteiger partial charge is 0.341 e. The van der Waals surface area contributed by atoms with Crippen LogP contribution in [-0.4, -0.2) is 52.8 Å². The number of benzene rings is 1. The van der Waals surface area contributed by atoms with Gasteiger partial charge in [0.05, 0.1) is 0 Å². The summed E-state index contributed by atoms with van der Waals surface area (Å²) < 4.78 is 0. The second-order valence-electron chi connectivity index (χ2n) is 8.15. The Morgan fingerprint density at radius 1 is 1.19 bits per heavy atom. The SMILES string of the molecule is CN(C(=O)CN1C(=O)NC2(CCc3ccccc3C2)C1=O)C1CCCCC1. The fraction of sp³-hybridized carbons (Fsp3) is 0.571. The van der Waals surface area contributed by atoms with Gasteiger partial charge in [0.25, 0.3) is 5.91 Å². The number of nitrogens with zero attached hydrogens (tertiary/aromatic N) is 2. The maximum atomic E-state index is 13.1. The van der Waals surface area contributed by atoms with E-state index in [9.17, 15) is 14.4 Å². The second-order valence-corrected chi connectivity index (χ2v) is 8.15. The molecule has 2 fully saturated rings. The summed E-state index contributed by atoms with van der Waals surface area (Å²) in [4.78, 5) is 41.2. The molecule has 6 heteroatoms. The number of urea groups is 1. The summed E-state index contributed by atoms with van der Waals surface area (Å²) in [5, 5.41) is 2.90. The lowest BCUT2D eigenvalue weighted by molar-refractivity contribution is -0.140. The van der Waals surface area contributed by atoms with E-state index in [1.807, 2.05) is 18.2 Å². The lowest BCUT2D eigenvalue weighted by atomic mass is 9.78. The second kappa shape index (κ2) is 6.98. The van der Waals surface area contributed by atoms with Crippen LogP contribution in [0.3, 0.4) is 0 Å². The molecule has 1 unspecified atom stereocenters. The van der Waals surface area contributed by atoms with E-state index >= 15 is 0 Å². The quantitative estimate of drug-likeness (QED) is 0.831. The van der Waals surface area contributed by atoms with Crippen molar-refractivity contribution in [2.75, 3.05) is 13.6 Å². The summed E-state index contributed by atoms with van der Waals surface area (Å²) >= 11 is 0. The summed E-state index contributed by atoms with van der Waals surface area (Å²) in [6.07, 6.45) is 7.32. The molecule has 1 aromatic carbocycles. The van der Waals surface area contributed by atoms with E-state index in [0.717, 1.165) is 42.6 Å². The molecule has 1 saturated heterocycles. The van der Waals surface area contributed by atoms with Crippen LogP contribution in [0.5, 0.6) is 0 Å². The number of carbonyl (C=O) groups is 3. The Hall–Kier alpha value is -2.37. The molecule has 3 aliphatic rings. The normalized spacial score (nSPS) is 25.4. The molecular weight excluding hydrogens is 342 g/mol. The number of likely N-dealkylation sites (N-methyl/N-ethyl adjacent to an activating group) is 1. The molecule has 2 aliphatic carbocycles. The van der Waals surface area contributed by atoms with Crippen molar-refractivity contribution in [3.63, 3.8) is 0 Å². The van der Waals surface area contributed by atoms with Crippen molar-refractivity contribution in [1.82, 2.24) is 15.1 Å². The molecule has 1 aromatic rings. The van der Waals surface area contributed by atoms with Crippen LogP contribution in [-0.2, 0) is 22.4 Å². The molecule has 1 aliphatic heterocycles. The van der Waals surface area contributed by atoms with Crippen molar-refractivity contribution in [3.8, 4) is 0 Å². The Labute approximate surface area is 159 Å². The van der Waals surface area contributed by atoms with Crippen LogP contribution in [0.4, 0.5) is 4.79 Å². The Morgan fingerprint density at radius 2 is 1.89 bits per heavy atom. The van der Waals surface area contributed by atoms with Crippen LogP contribution in [0.15, 0.2) is 24.3 Å². The van der Waals surface area contributed by atoms with Gasteiger partial charge in [0, 0.05) is 19.5 Å². The van der Waals surface area contributed by atoms with Gasteiger partial charge in [0.2, 0.25) is 5.91 Å². The molecule has 27 heavy (non-hydrogen) atoms. The highest BCUT2D eigenvalue weighted by Gasteiger charge is 2.52. The third-order valence-electron chi connectivity index (χ3n) is 6.49. The summed E-state index contributed by atoms with van der Waals surface area (Å²) in [6.45, 7) is -0.166. The maximum absolute atomic E-state index is 13.1. The number of imide groups is 1. The summed E-state index contributed by atoms with van der Waals surface area (Å²) in [5.74, 6) is -0.411. The van der Waals surface area contributed by atoms with Crippen molar-refractivity contribution < 1.29 is 14.4 Å². The van der Waals surface area contributed by atoms with Crippen molar-refractivity contribution in [1.29, 1.82) is 0 Å². The highest BCUT2D eigenvalue weighted by Crippen LogP contribution is 2.33. The number of aryl methyl sites for hydroxylation is 1. The zero-order chi connectivity index (χ0) is 19.0. The maximum Gasteiger partial charge on any atom is 0.325 e. The lowest BCUT2D eigenvalue weighted by Crippen LogP contribution is -2.52. The van der Waals surface area contributed by atoms with E-state index in [4.69, 9.17) is 0 Å². The minimum atomic E-state index is -0.894. The van der Waals surface area contributed by atoms with Gasteiger partial charge >= 0.3 is 6.03 Å². The van der Waals surface area contributed by atoms with Gasteiger partial charge < -0.3 is 10.2 Å². The first-order chi connectivity index (χ1) is 13.0. The van der Waals surface area contributed by atoms with Crippen LogP contribution in [0.2, 0.25) is 0 Å². The van der Waals surface area contributed by atoms with Crippen LogP contribution >= 0.6 is 0 Å². The van der Waals surface area contributed by atoms with E-state index in [1.165, 1.54) is 12.0 Å². The van der Waals surface area contributed by atoms with Crippen LogP contribution in [0.25, 0.3) is 0 Å². The first-order valence-corrected chi connectivity index (χ1v) is 9.97. The van der Waals surface area contributed by atoms with Gasteiger partial charge in [-0.2, -0.15) is 0 Å². The number of rotatable bonds is 3. The van der Waals surface area contributed by atoms with Crippen LogP contribution < -0.4 is 5.32 Å². The fourth-order valence-electron chi connectivity index (χ4n) is 4.76. The van der Waals surface area contributed by atoms with Gasteiger partial charge in [-0.1, -0.05) is 43.5 Å². The number of fused-ring (bicyclic) bond motifs is 1. The molecule has 0 radical (unpaired) electrons. The van der Waals surface area contributed by atoms with Gasteiger partial charge in [0.15, 0.2) is 0 Å². The summed E-state index contributed by atoms with van der Waals surface area (Å²) in [7, 11) is 1.80. The average molecular weight is 369 g/mol. The van der Waals surface area contributed by atoms with Gasteiger partial charge in [-0.3, -0.25) is 14.5 Å². The molecule has 4 amide bonds. The summed E-state index contributed by atoms with van der Waals surface area (Å²) in [5.41, 5.74) is 1.44. The molecule has 0 bridgehead atoms. The molecule has 0 aromatic heterocycles. The van der Waals surface area contributed by atoms with Gasteiger partial charge in [-0.25, -0.2) is 4.79 Å². The first kappa shape index (κ1) is 18.0. The highest BCUT2D eigenvalue weighted by molar-refractivity contribution is 6.09. The molecule has 144 valence electrons. The van der Waals surface area contributed by atoms with E-state index in [0.29, 0.717) is 12.8 Å². The van der Waals surface area contributed by atoms with Crippen molar-refractivity contribution in [2.24, 2.45) is 0 Å². The average Bonchev–Trinajstić information content (AvgIpc) is 2.91. The van der Waals surface area contributed by atoms with Gasteiger partial charge in [-0.15, -0.1) is 0 Å². The van der Waals surface area contributed by atoms with Gasteiger partial charge in [-0.05, 0) is 36.8 Å². The topological polar surface area (TPSA) is 69.7 Å². The highest BCUT2D eigenvalue weighted by atomic mass is 16.2. The first-order valence-electron chi connectivity index (χ1n) is 9.97. The summed E-state index contributed by atoms with van der Waals surface area (Å²) in [6, 6.07) is 7.83. The third-order valence-corrected chi connectivity index (χ3v) is 6.49. The number of nitrogens with one attached hydrogen (secondary N) is 1. The van der Waals surface area contributed by atoms with Crippen LogP contribution in [0, 0.1) is 0 Å². The third kappa shape index (κ3) is 3.22. The van der Waals surface area contributed by atoms with Crippen molar-refractivity contribution in [3.05, 3.63) is 35.4 Å². The van der Waals surface area contributed by atoms with Crippen molar-refractivity contribution in [2.45, 2.75) is 62.9 Å². The number of hydrogen-bond donors (Lipinski definition) is 1. The molecule has 1 N–H and O–H groups in total. The van der Waals surface area contributed by atoms with E-state index in [-0.39, 0.29) is 24.4 Å². The molecule has 1 heterocycles. The standard InChI is InChI=1S/C21H27N3O3/c1-23(17-9-3-2-4-10-17)18(25)14-24-19(26)21(22-20(24)27)12-11-15-7-5-6-8-16(15)13-21/h5-8,17H,2-4,9-14H2,1H3,(H,22,27).